The monoisotopic (exact) mass is 389 g/mol. The summed E-state index contributed by atoms with van der Waals surface area (Å²) in [4.78, 5) is 13.8. The molecule has 0 saturated carbocycles. The predicted octanol–water partition coefficient (Wildman–Crippen LogP) is 2.28. The summed E-state index contributed by atoms with van der Waals surface area (Å²) in [5.74, 6) is 1.22. The zero-order chi connectivity index (χ0) is 20.5. The van der Waals surface area contributed by atoms with Gasteiger partial charge in [0.25, 0.3) is 0 Å². The van der Waals surface area contributed by atoms with Crippen molar-refractivity contribution >= 4 is 17.5 Å². The van der Waals surface area contributed by atoms with Gasteiger partial charge in [-0.15, -0.1) is 0 Å². The maximum absolute atomic E-state index is 11.5. The average Bonchev–Trinajstić information content (AvgIpc) is 2.74. The normalized spacial score (nSPS) is 15.5. The molecule has 1 saturated heterocycles. The highest BCUT2D eigenvalue weighted by Crippen LogP contribution is 2.38. The number of nitrogens with zero attached hydrogens (tertiary/aromatic N) is 1. The number of anilines is 1. The summed E-state index contributed by atoms with van der Waals surface area (Å²) in [7, 11) is 3.40. The number of aldehydes is 1. The second-order valence-electron chi connectivity index (χ2n) is 6.49. The Morgan fingerprint density at radius 3 is 2.64 bits per heavy atom. The summed E-state index contributed by atoms with van der Waals surface area (Å²) in [6.45, 7) is 10.7. The Morgan fingerprint density at radius 2 is 2.07 bits per heavy atom. The third-order valence-corrected chi connectivity index (χ3v) is 4.84. The van der Waals surface area contributed by atoms with Crippen LogP contribution in [0, 0.1) is 0 Å². The maximum atomic E-state index is 11.5. The largest absolute Gasteiger partial charge is 0.493 e. The van der Waals surface area contributed by atoms with E-state index < -0.39 is 0 Å². The lowest BCUT2D eigenvalue weighted by atomic mass is 9.96. The van der Waals surface area contributed by atoms with Crippen LogP contribution in [0.15, 0.2) is 30.0 Å². The molecule has 0 unspecified atom stereocenters. The lowest BCUT2D eigenvalue weighted by Gasteiger charge is -2.26. The predicted molar refractivity (Wildman–Crippen MR) is 112 cm³/mol. The van der Waals surface area contributed by atoms with Gasteiger partial charge in [0.15, 0.2) is 17.8 Å². The molecule has 7 nitrogen and oxygen atoms in total. The molecule has 0 spiro atoms. The van der Waals surface area contributed by atoms with Crippen LogP contribution >= 0.6 is 0 Å². The summed E-state index contributed by atoms with van der Waals surface area (Å²) in [5.41, 5.74) is 8.99. The molecule has 1 fully saturated rings. The third kappa shape index (κ3) is 5.27. The van der Waals surface area contributed by atoms with Gasteiger partial charge in [0.2, 0.25) is 0 Å². The Morgan fingerprint density at radius 1 is 1.36 bits per heavy atom. The number of methoxy groups -OCH3 is 1. The van der Waals surface area contributed by atoms with Crippen LogP contribution in [-0.2, 0) is 9.53 Å². The minimum absolute atomic E-state index is 0.405. The van der Waals surface area contributed by atoms with E-state index in [1.54, 1.807) is 7.11 Å². The summed E-state index contributed by atoms with van der Waals surface area (Å²) in [6.07, 6.45) is 1.32. The molecule has 0 aliphatic carbocycles. The van der Waals surface area contributed by atoms with E-state index in [1.165, 1.54) is 0 Å². The Labute approximate surface area is 167 Å². The minimum atomic E-state index is 0.405. The van der Waals surface area contributed by atoms with Gasteiger partial charge in [-0.3, -0.25) is 9.69 Å². The molecule has 7 heteroatoms. The first kappa shape index (κ1) is 21.8. The zero-order valence-electron chi connectivity index (χ0n) is 17.0. The molecule has 0 bridgehead atoms. The van der Waals surface area contributed by atoms with Crippen molar-refractivity contribution in [2.75, 3.05) is 58.9 Å². The van der Waals surface area contributed by atoms with Crippen molar-refractivity contribution in [2.24, 2.45) is 5.73 Å². The second kappa shape index (κ2) is 10.7. The number of carbonyl (C=O) groups excluding carboxylic acids is 1. The SMILES string of the molecule is C=C(/C(C=O)=C(/N)CC)c1cc(OC)c(OCCN2CCOCC2)cc1NC. The molecule has 3 N–H and O–H groups in total. The fraction of sp³-hybridized carbons (Fsp3) is 0.476. The van der Waals surface area contributed by atoms with Crippen molar-refractivity contribution in [3.63, 3.8) is 0 Å². The lowest BCUT2D eigenvalue weighted by molar-refractivity contribution is -0.104. The number of morpholine rings is 1. The Kier molecular flexibility index (Phi) is 8.35. The summed E-state index contributed by atoms with van der Waals surface area (Å²) < 4.78 is 16.9. The fourth-order valence-corrected chi connectivity index (χ4v) is 3.07. The van der Waals surface area contributed by atoms with Gasteiger partial charge >= 0.3 is 0 Å². The molecule has 0 aromatic heterocycles. The van der Waals surface area contributed by atoms with E-state index in [9.17, 15) is 4.79 Å². The molecule has 0 amide bonds. The van der Waals surface area contributed by atoms with E-state index in [-0.39, 0.29) is 0 Å². The third-order valence-electron chi connectivity index (χ3n) is 4.84. The molecule has 28 heavy (non-hydrogen) atoms. The van der Waals surface area contributed by atoms with Crippen LogP contribution in [0.2, 0.25) is 0 Å². The standard InChI is InChI=1S/C21H31N3O4/c1-5-18(22)17(14-25)15(2)16-12-20(26-4)21(13-19(16)23-3)28-11-8-24-6-9-27-10-7-24/h12-14,23H,2,5-11,22H2,1,3-4H3/b18-17+. The van der Waals surface area contributed by atoms with Crippen LogP contribution in [0.25, 0.3) is 5.57 Å². The van der Waals surface area contributed by atoms with E-state index in [4.69, 9.17) is 19.9 Å². The van der Waals surface area contributed by atoms with Gasteiger partial charge in [-0.1, -0.05) is 13.5 Å². The first-order chi connectivity index (χ1) is 13.5. The molecule has 1 aliphatic heterocycles. The van der Waals surface area contributed by atoms with Crippen LogP contribution < -0.4 is 20.5 Å². The van der Waals surface area contributed by atoms with Crippen LogP contribution in [0.4, 0.5) is 5.69 Å². The first-order valence-electron chi connectivity index (χ1n) is 9.51. The van der Waals surface area contributed by atoms with Crippen molar-refractivity contribution in [1.29, 1.82) is 0 Å². The number of benzene rings is 1. The smallest absolute Gasteiger partial charge is 0.163 e. The number of rotatable bonds is 10. The summed E-state index contributed by atoms with van der Waals surface area (Å²) >= 11 is 0. The molecule has 2 rings (SSSR count). The van der Waals surface area contributed by atoms with Crippen molar-refractivity contribution in [1.82, 2.24) is 4.90 Å². The van der Waals surface area contributed by atoms with E-state index in [0.29, 0.717) is 41.4 Å². The quantitative estimate of drug-likeness (QED) is 0.361. The highest BCUT2D eigenvalue weighted by atomic mass is 16.5. The summed E-state index contributed by atoms with van der Waals surface area (Å²) in [6, 6.07) is 3.69. The molecule has 1 aromatic rings. The number of nitrogens with one attached hydrogen (secondary N) is 1. The molecular formula is C21H31N3O4. The average molecular weight is 389 g/mol. The second-order valence-corrected chi connectivity index (χ2v) is 6.49. The molecule has 0 radical (unpaired) electrons. The minimum Gasteiger partial charge on any atom is -0.493 e. The van der Waals surface area contributed by atoms with Gasteiger partial charge in [0.1, 0.15) is 6.61 Å². The number of nitrogens with two attached hydrogens (primary N) is 1. The van der Waals surface area contributed by atoms with Gasteiger partial charge in [-0.05, 0) is 18.1 Å². The van der Waals surface area contributed by atoms with E-state index in [2.05, 4.69) is 16.8 Å². The first-order valence-corrected chi connectivity index (χ1v) is 9.51. The van der Waals surface area contributed by atoms with E-state index >= 15 is 0 Å². The Balaban J connectivity index is 2.22. The molecule has 1 aromatic carbocycles. The molecule has 154 valence electrons. The van der Waals surface area contributed by atoms with Crippen LogP contribution in [0.5, 0.6) is 11.5 Å². The van der Waals surface area contributed by atoms with Crippen LogP contribution in [0.3, 0.4) is 0 Å². The number of hydrogen-bond acceptors (Lipinski definition) is 7. The number of carbonyl (C=O) groups is 1. The molecular weight excluding hydrogens is 358 g/mol. The van der Waals surface area contributed by atoms with Crippen molar-refractivity contribution < 1.29 is 19.0 Å². The van der Waals surface area contributed by atoms with Gasteiger partial charge in [-0.2, -0.15) is 0 Å². The van der Waals surface area contributed by atoms with Gasteiger partial charge in [0.05, 0.1) is 20.3 Å². The van der Waals surface area contributed by atoms with Gasteiger partial charge in [-0.25, -0.2) is 0 Å². The van der Waals surface area contributed by atoms with Crippen molar-refractivity contribution in [2.45, 2.75) is 13.3 Å². The van der Waals surface area contributed by atoms with E-state index in [1.807, 2.05) is 26.1 Å². The van der Waals surface area contributed by atoms with Crippen LogP contribution in [-0.4, -0.2) is 64.8 Å². The highest BCUT2D eigenvalue weighted by molar-refractivity contribution is 6.01. The lowest BCUT2D eigenvalue weighted by Crippen LogP contribution is -2.38. The number of hydrogen-bond donors (Lipinski definition) is 2. The van der Waals surface area contributed by atoms with Crippen LogP contribution in [0.1, 0.15) is 18.9 Å². The van der Waals surface area contributed by atoms with Gasteiger partial charge < -0.3 is 25.3 Å². The Hall–Kier alpha value is -2.51. The number of allylic oxidation sites excluding steroid dienone is 3. The molecule has 0 atom stereocenters. The van der Waals surface area contributed by atoms with Crippen molar-refractivity contribution in [3.8, 4) is 11.5 Å². The number of ether oxygens (including phenoxy) is 3. The fourth-order valence-electron chi connectivity index (χ4n) is 3.07. The topological polar surface area (TPSA) is 86.1 Å². The highest BCUT2D eigenvalue weighted by Gasteiger charge is 2.17. The van der Waals surface area contributed by atoms with Gasteiger partial charge in [0, 0.05) is 55.3 Å². The van der Waals surface area contributed by atoms with Crippen molar-refractivity contribution in [3.05, 3.63) is 35.5 Å². The van der Waals surface area contributed by atoms with E-state index in [0.717, 1.165) is 50.4 Å². The maximum Gasteiger partial charge on any atom is 0.163 e. The summed E-state index contributed by atoms with van der Waals surface area (Å²) in [5, 5.41) is 3.14. The Bertz CT molecular complexity index is 725. The molecule has 1 heterocycles. The zero-order valence-corrected chi connectivity index (χ0v) is 17.0. The molecule has 1 aliphatic rings.